The highest BCUT2D eigenvalue weighted by Crippen LogP contribution is 2.13. The average molecular weight is 642 g/mol. The van der Waals surface area contributed by atoms with E-state index in [9.17, 15) is 28.0 Å². The zero-order valence-electron chi connectivity index (χ0n) is 28.1. The van der Waals surface area contributed by atoms with Crippen LogP contribution < -0.4 is 5.32 Å². The molecule has 0 aliphatic rings. The van der Waals surface area contributed by atoms with E-state index in [1.807, 2.05) is 0 Å². The van der Waals surface area contributed by atoms with Crippen molar-refractivity contribution in [3.63, 3.8) is 0 Å². The molecule has 0 aliphatic heterocycles. The van der Waals surface area contributed by atoms with Crippen molar-refractivity contribution in [2.24, 2.45) is 0 Å². The second-order valence-corrected chi connectivity index (χ2v) is 13.8. The first-order valence-corrected chi connectivity index (χ1v) is 19.4. The lowest BCUT2D eigenvalue weighted by Crippen LogP contribution is -2.50. The van der Waals surface area contributed by atoms with Gasteiger partial charge in [0.15, 0.2) is 0 Å². The van der Waals surface area contributed by atoms with Crippen molar-refractivity contribution in [1.29, 1.82) is 0 Å². The lowest BCUT2D eigenvalue weighted by atomic mass is 10.0. The van der Waals surface area contributed by atoms with Crippen molar-refractivity contribution in [1.82, 2.24) is 5.32 Å². The molecule has 0 aliphatic carbocycles. The van der Waals surface area contributed by atoms with Crippen LogP contribution in [0.3, 0.4) is 0 Å². The van der Waals surface area contributed by atoms with Crippen LogP contribution >= 0.6 is 0 Å². The summed E-state index contributed by atoms with van der Waals surface area (Å²) in [5, 5.41) is 23.2. The van der Waals surface area contributed by atoms with E-state index in [1.165, 1.54) is 96.0 Å². The van der Waals surface area contributed by atoms with Gasteiger partial charge in [0.1, 0.15) is 6.10 Å². The predicted molar refractivity (Wildman–Crippen MR) is 185 cm³/mol. The standard InChI is InChI=1S/C36H67NO6S/c1-3-5-7-9-11-13-14-15-16-17-18-19-20-21-23-24-26-28-30-34(38)33(32-44(41,42)43)37-36(40)35(39)31-29-27-25-22-12-10-8-6-4-2/h10,12,21,23,28,30,33-35,38-39H,3-9,11,13-20,22,24-27,29,31-32H2,1-2H3,(H,37,40)(H,41,42,43)/b12-10-,23-21+,30-28+. The molecular formula is C36H67NO6S. The van der Waals surface area contributed by atoms with Crippen molar-refractivity contribution >= 4 is 16.0 Å². The van der Waals surface area contributed by atoms with Crippen LogP contribution in [0.4, 0.5) is 0 Å². The summed E-state index contributed by atoms with van der Waals surface area (Å²) >= 11 is 0. The van der Waals surface area contributed by atoms with Crippen LogP contribution in [-0.4, -0.2) is 53.1 Å². The minimum absolute atomic E-state index is 0.251. The van der Waals surface area contributed by atoms with Gasteiger partial charge in [0.2, 0.25) is 5.91 Å². The van der Waals surface area contributed by atoms with E-state index in [0.717, 1.165) is 38.5 Å². The van der Waals surface area contributed by atoms with Crippen LogP contribution in [-0.2, 0) is 14.9 Å². The van der Waals surface area contributed by atoms with Gasteiger partial charge >= 0.3 is 0 Å². The van der Waals surface area contributed by atoms with Crippen LogP contribution in [0.5, 0.6) is 0 Å². The number of aliphatic hydroxyl groups is 2. The molecule has 258 valence electrons. The number of carbonyl (C=O) groups excluding carboxylic acids is 1. The molecule has 0 radical (unpaired) electrons. The molecular weight excluding hydrogens is 574 g/mol. The first kappa shape index (κ1) is 42.5. The fourth-order valence-electron chi connectivity index (χ4n) is 5.10. The molecule has 0 aromatic carbocycles. The summed E-state index contributed by atoms with van der Waals surface area (Å²) in [7, 11) is -4.45. The Hall–Kier alpha value is -1.48. The summed E-state index contributed by atoms with van der Waals surface area (Å²) in [4.78, 5) is 12.5. The average Bonchev–Trinajstić information content (AvgIpc) is 2.98. The first-order valence-electron chi connectivity index (χ1n) is 17.8. The van der Waals surface area contributed by atoms with Crippen LogP contribution in [0.25, 0.3) is 0 Å². The number of aliphatic hydroxyl groups excluding tert-OH is 2. The predicted octanol–water partition coefficient (Wildman–Crippen LogP) is 8.76. The minimum atomic E-state index is -4.45. The topological polar surface area (TPSA) is 124 Å². The fourth-order valence-corrected chi connectivity index (χ4v) is 5.83. The maximum absolute atomic E-state index is 12.5. The van der Waals surface area contributed by atoms with Gasteiger partial charge in [-0.2, -0.15) is 8.42 Å². The van der Waals surface area contributed by atoms with E-state index in [1.54, 1.807) is 6.08 Å². The van der Waals surface area contributed by atoms with E-state index in [2.05, 4.69) is 43.5 Å². The SMILES string of the molecule is CCCC/C=C\CCCCCC(O)C(=O)NC(CS(=O)(=O)O)C(O)/C=C/CC/C=C/CCCCCCCCCCCCCC. The Kier molecular flexibility index (Phi) is 29.2. The number of rotatable bonds is 31. The van der Waals surface area contributed by atoms with Crippen LogP contribution in [0.1, 0.15) is 162 Å². The highest BCUT2D eigenvalue weighted by molar-refractivity contribution is 7.85. The summed E-state index contributed by atoms with van der Waals surface area (Å²) in [6, 6.07) is -1.25. The molecule has 0 heterocycles. The van der Waals surface area contributed by atoms with Gasteiger partial charge < -0.3 is 15.5 Å². The molecule has 8 heteroatoms. The lowest BCUT2D eigenvalue weighted by molar-refractivity contribution is -0.130. The maximum Gasteiger partial charge on any atom is 0.267 e. The molecule has 3 unspecified atom stereocenters. The Morgan fingerprint density at radius 1 is 0.614 bits per heavy atom. The van der Waals surface area contributed by atoms with Gasteiger partial charge in [-0.15, -0.1) is 0 Å². The summed E-state index contributed by atoms with van der Waals surface area (Å²) in [6.45, 7) is 4.42. The normalized spacial score (nSPS) is 14.6. The highest BCUT2D eigenvalue weighted by atomic mass is 32.2. The van der Waals surface area contributed by atoms with Gasteiger partial charge in [0.05, 0.1) is 17.9 Å². The Labute approximate surface area is 270 Å². The summed E-state index contributed by atoms with van der Waals surface area (Å²) < 4.78 is 32.3. The molecule has 3 atom stereocenters. The minimum Gasteiger partial charge on any atom is -0.387 e. The van der Waals surface area contributed by atoms with E-state index in [0.29, 0.717) is 12.8 Å². The molecule has 4 N–H and O–H groups in total. The van der Waals surface area contributed by atoms with Crippen LogP contribution in [0.15, 0.2) is 36.5 Å². The van der Waals surface area contributed by atoms with E-state index >= 15 is 0 Å². The summed E-state index contributed by atoms with van der Waals surface area (Å²) in [5.41, 5.74) is 0. The van der Waals surface area contributed by atoms with Gasteiger partial charge in [-0.3, -0.25) is 9.35 Å². The second kappa shape index (κ2) is 30.2. The van der Waals surface area contributed by atoms with Crippen molar-refractivity contribution in [3.05, 3.63) is 36.5 Å². The Morgan fingerprint density at radius 2 is 1.05 bits per heavy atom. The zero-order valence-corrected chi connectivity index (χ0v) is 29.0. The summed E-state index contributed by atoms with van der Waals surface area (Å²) in [6.07, 6.45) is 35.0. The Morgan fingerprint density at radius 3 is 1.57 bits per heavy atom. The number of hydrogen-bond donors (Lipinski definition) is 4. The largest absolute Gasteiger partial charge is 0.387 e. The Balaban J connectivity index is 4.17. The summed E-state index contributed by atoms with van der Waals surface area (Å²) in [5.74, 6) is -1.58. The molecule has 0 aromatic heterocycles. The maximum atomic E-state index is 12.5. The number of amides is 1. The molecule has 0 fully saturated rings. The number of hydrogen-bond acceptors (Lipinski definition) is 5. The number of allylic oxidation sites excluding steroid dienone is 5. The van der Waals surface area contributed by atoms with E-state index in [4.69, 9.17) is 0 Å². The quantitative estimate of drug-likeness (QED) is 0.0341. The van der Waals surface area contributed by atoms with Gasteiger partial charge in [-0.25, -0.2) is 0 Å². The van der Waals surface area contributed by atoms with Gasteiger partial charge in [0.25, 0.3) is 10.1 Å². The van der Waals surface area contributed by atoms with Gasteiger partial charge in [-0.1, -0.05) is 147 Å². The monoisotopic (exact) mass is 641 g/mol. The number of unbranched alkanes of at least 4 members (excludes halogenated alkanes) is 18. The molecule has 0 saturated heterocycles. The smallest absolute Gasteiger partial charge is 0.267 e. The van der Waals surface area contributed by atoms with Crippen molar-refractivity contribution in [2.45, 2.75) is 180 Å². The second-order valence-electron chi connectivity index (χ2n) is 12.3. The third-order valence-electron chi connectivity index (χ3n) is 7.90. The third-order valence-corrected chi connectivity index (χ3v) is 8.68. The van der Waals surface area contributed by atoms with E-state index < -0.39 is 40.0 Å². The molecule has 0 saturated carbocycles. The van der Waals surface area contributed by atoms with E-state index in [-0.39, 0.29) is 6.42 Å². The molecule has 0 aromatic rings. The van der Waals surface area contributed by atoms with Crippen molar-refractivity contribution < 1.29 is 28.0 Å². The number of nitrogens with one attached hydrogen (secondary N) is 1. The molecule has 7 nitrogen and oxygen atoms in total. The highest BCUT2D eigenvalue weighted by Gasteiger charge is 2.27. The fraction of sp³-hybridized carbons (Fsp3) is 0.806. The molecule has 0 spiro atoms. The Bertz CT molecular complexity index is 855. The molecule has 1 amide bonds. The van der Waals surface area contributed by atoms with Gasteiger partial charge in [-0.05, 0) is 51.4 Å². The van der Waals surface area contributed by atoms with Gasteiger partial charge in [0, 0.05) is 0 Å². The lowest BCUT2D eigenvalue weighted by Gasteiger charge is -2.22. The third kappa shape index (κ3) is 29.2. The zero-order chi connectivity index (χ0) is 32.7. The molecule has 0 bridgehead atoms. The molecule has 0 rings (SSSR count). The number of carbonyl (C=O) groups is 1. The van der Waals surface area contributed by atoms with Crippen molar-refractivity contribution in [2.75, 3.05) is 5.75 Å². The van der Waals surface area contributed by atoms with Crippen molar-refractivity contribution in [3.8, 4) is 0 Å². The molecule has 44 heavy (non-hydrogen) atoms. The van der Waals surface area contributed by atoms with Crippen LogP contribution in [0.2, 0.25) is 0 Å². The van der Waals surface area contributed by atoms with Crippen LogP contribution in [0, 0.1) is 0 Å². The first-order chi connectivity index (χ1) is 21.2.